The molecule has 1 aromatic rings. The summed E-state index contributed by atoms with van der Waals surface area (Å²) in [6.45, 7) is 0.766. The molecule has 21 heavy (non-hydrogen) atoms. The molecule has 1 unspecified atom stereocenters. The third-order valence-electron chi connectivity index (χ3n) is 3.17. The number of benzene rings is 1. The number of carbonyl (C=O) groups is 3. The fourth-order valence-electron chi connectivity index (χ4n) is 2.05. The Hall–Kier alpha value is -2.57. The zero-order valence-electron chi connectivity index (χ0n) is 11.6. The maximum Gasteiger partial charge on any atom is 0.307 e. The largest absolute Gasteiger partial charge is 0.489 e. The molecule has 3 rings (SSSR count). The van der Waals surface area contributed by atoms with Crippen molar-refractivity contribution in [3.05, 3.63) is 29.8 Å². The van der Waals surface area contributed by atoms with Crippen LogP contribution in [0.5, 0.6) is 5.75 Å². The molecule has 2 bridgehead atoms. The van der Waals surface area contributed by atoms with E-state index in [1.54, 1.807) is 0 Å². The van der Waals surface area contributed by atoms with E-state index in [1.807, 2.05) is 12.1 Å². The Morgan fingerprint density at radius 1 is 1.57 bits per heavy atom. The van der Waals surface area contributed by atoms with Gasteiger partial charge in [-0.25, -0.2) is 0 Å². The van der Waals surface area contributed by atoms with Crippen molar-refractivity contribution in [2.24, 2.45) is 0 Å². The van der Waals surface area contributed by atoms with E-state index in [-0.39, 0.29) is 24.8 Å². The highest BCUT2D eigenvalue weighted by Crippen LogP contribution is 2.21. The van der Waals surface area contributed by atoms with Gasteiger partial charge < -0.3 is 9.47 Å². The zero-order chi connectivity index (χ0) is 15.2. The predicted molar refractivity (Wildman–Crippen MR) is 71.9 cm³/mol. The summed E-state index contributed by atoms with van der Waals surface area (Å²) in [6, 6.07) is 7.84. The Kier molecular flexibility index (Phi) is 4.76. The first-order valence-electron chi connectivity index (χ1n) is 6.44. The smallest absolute Gasteiger partial charge is 0.307 e. The zero-order valence-corrected chi connectivity index (χ0v) is 11.6. The van der Waals surface area contributed by atoms with E-state index >= 15 is 0 Å². The molecule has 112 valence electrons. The highest BCUT2D eigenvalue weighted by Gasteiger charge is 2.37. The summed E-state index contributed by atoms with van der Waals surface area (Å²) >= 11 is 0. The van der Waals surface area contributed by atoms with Gasteiger partial charge in [0.2, 0.25) is 12.3 Å². The highest BCUT2D eigenvalue weighted by molar-refractivity contribution is 5.85. The maximum absolute atomic E-state index is 10.9. The van der Waals surface area contributed by atoms with Gasteiger partial charge in [-0.05, 0) is 17.7 Å². The third kappa shape index (κ3) is 3.71. The molecule has 2 aliphatic heterocycles. The normalized spacial score (nSPS) is 17.9. The number of ether oxygens (including phenoxy) is 2. The number of rotatable bonds is 4. The minimum atomic E-state index is -0.393. The number of hydrogen-bond acceptors (Lipinski definition) is 5. The monoisotopic (exact) mass is 292 g/mol. The molecule has 0 radical (unpaired) electrons. The Morgan fingerprint density at radius 2 is 2.38 bits per heavy atom. The number of β-lactam (4-membered cyclic amide) rings is 1. The lowest BCUT2D eigenvalue weighted by Crippen LogP contribution is -2.59. The van der Waals surface area contributed by atoms with Crippen LogP contribution in [0.1, 0.15) is 18.4 Å². The Labute approximate surface area is 121 Å². The molecular formula is C14H16N2O5. The molecular weight excluding hydrogens is 276 g/mol. The van der Waals surface area contributed by atoms with Crippen LogP contribution < -0.4 is 10.2 Å². The van der Waals surface area contributed by atoms with E-state index < -0.39 is 5.97 Å². The van der Waals surface area contributed by atoms with E-state index in [4.69, 9.17) is 4.74 Å². The predicted octanol–water partition coefficient (Wildman–Crippen LogP) is 0.390. The molecule has 1 fully saturated rings. The summed E-state index contributed by atoms with van der Waals surface area (Å²) in [4.78, 5) is 31.7. The second-order valence-corrected chi connectivity index (χ2v) is 4.58. The van der Waals surface area contributed by atoms with Crippen molar-refractivity contribution in [2.75, 3.05) is 7.11 Å². The molecule has 2 aliphatic rings. The summed E-state index contributed by atoms with van der Waals surface area (Å²) in [5, 5.41) is 1.13. The number of amides is 2. The van der Waals surface area contributed by atoms with Gasteiger partial charge in [0.1, 0.15) is 12.4 Å². The summed E-state index contributed by atoms with van der Waals surface area (Å²) in [5.74, 6) is 0.415. The van der Waals surface area contributed by atoms with Crippen molar-refractivity contribution in [1.82, 2.24) is 10.4 Å². The van der Waals surface area contributed by atoms with Gasteiger partial charge in [-0.2, -0.15) is 0 Å². The molecule has 1 atom stereocenters. The summed E-state index contributed by atoms with van der Waals surface area (Å²) in [6.07, 6.45) is 0.792. The summed E-state index contributed by atoms with van der Waals surface area (Å²) in [5.41, 5.74) is 3.49. The minimum Gasteiger partial charge on any atom is -0.489 e. The van der Waals surface area contributed by atoms with Crippen LogP contribution in [0.15, 0.2) is 24.3 Å². The van der Waals surface area contributed by atoms with E-state index in [2.05, 4.69) is 22.3 Å². The van der Waals surface area contributed by atoms with Crippen molar-refractivity contribution in [3.8, 4) is 5.75 Å². The Bertz CT molecular complexity index is 527. The molecule has 7 nitrogen and oxygen atoms in total. The van der Waals surface area contributed by atoms with Gasteiger partial charge in [-0.15, -0.1) is 0 Å². The average Bonchev–Trinajstić information content (AvgIpc) is 2.83. The number of fused-ring (bicyclic) bond motifs is 2. The molecule has 0 spiro atoms. The van der Waals surface area contributed by atoms with Crippen LogP contribution in [0, 0.1) is 0 Å². The van der Waals surface area contributed by atoms with Crippen molar-refractivity contribution in [3.63, 3.8) is 0 Å². The average molecular weight is 292 g/mol. The summed E-state index contributed by atoms with van der Waals surface area (Å²) in [7, 11) is 1.28. The van der Waals surface area contributed by atoms with Crippen molar-refractivity contribution in [1.29, 1.82) is 0 Å². The van der Waals surface area contributed by atoms with Crippen LogP contribution in [0.25, 0.3) is 0 Å². The topological polar surface area (TPSA) is 84.9 Å². The first-order valence-corrected chi connectivity index (χ1v) is 6.44. The molecule has 7 heteroatoms. The van der Waals surface area contributed by atoms with Crippen LogP contribution in [-0.4, -0.2) is 36.4 Å². The van der Waals surface area contributed by atoms with E-state index in [0.29, 0.717) is 6.41 Å². The minimum absolute atomic E-state index is 0.114. The molecule has 1 saturated heterocycles. The molecule has 0 saturated carbocycles. The number of esters is 1. The lowest BCUT2D eigenvalue weighted by Gasteiger charge is -2.38. The van der Waals surface area contributed by atoms with E-state index in [0.717, 1.165) is 17.4 Å². The lowest BCUT2D eigenvalue weighted by molar-refractivity contribution is -0.158. The van der Waals surface area contributed by atoms with Gasteiger partial charge in [0.25, 0.3) is 0 Å². The van der Waals surface area contributed by atoms with Crippen LogP contribution in [0.4, 0.5) is 0 Å². The molecule has 2 heterocycles. The van der Waals surface area contributed by atoms with Gasteiger partial charge in [0.05, 0.1) is 26.0 Å². The fourth-order valence-corrected chi connectivity index (χ4v) is 2.05. The van der Waals surface area contributed by atoms with Gasteiger partial charge in [0.15, 0.2) is 0 Å². The number of hydrogen-bond donors (Lipinski definition) is 1. The SMILES string of the molecule is COC(=O)CC1CC(=O)N1NC=O.c1cc2cc(c1)OC2. The highest BCUT2D eigenvalue weighted by atomic mass is 16.5. The lowest BCUT2D eigenvalue weighted by atomic mass is 10.0. The van der Waals surface area contributed by atoms with Gasteiger partial charge in [-0.1, -0.05) is 12.1 Å². The first kappa shape index (κ1) is 14.8. The Morgan fingerprint density at radius 3 is 2.95 bits per heavy atom. The second-order valence-electron chi connectivity index (χ2n) is 4.58. The number of nitrogens with zero attached hydrogens (tertiary/aromatic N) is 1. The van der Waals surface area contributed by atoms with E-state index in [1.165, 1.54) is 12.7 Å². The van der Waals surface area contributed by atoms with Crippen LogP contribution in [0.2, 0.25) is 0 Å². The Balaban J connectivity index is 0.000000170. The van der Waals surface area contributed by atoms with Gasteiger partial charge in [0, 0.05) is 0 Å². The molecule has 1 aromatic carbocycles. The van der Waals surface area contributed by atoms with Crippen molar-refractivity contribution >= 4 is 18.3 Å². The number of nitrogens with one attached hydrogen (secondary N) is 1. The van der Waals surface area contributed by atoms with Crippen LogP contribution in [-0.2, 0) is 25.7 Å². The molecule has 0 aromatic heterocycles. The first-order chi connectivity index (χ1) is 10.1. The van der Waals surface area contributed by atoms with Crippen LogP contribution in [0.3, 0.4) is 0 Å². The van der Waals surface area contributed by atoms with Crippen molar-refractivity contribution < 1.29 is 23.9 Å². The molecule has 2 amide bonds. The second kappa shape index (κ2) is 6.74. The third-order valence-corrected chi connectivity index (χ3v) is 3.17. The van der Waals surface area contributed by atoms with E-state index in [9.17, 15) is 14.4 Å². The summed E-state index contributed by atoms with van der Waals surface area (Å²) < 4.78 is 9.61. The quantitative estimate of drug-likeness (QED) is 0.493. The molecule has 0 aliphatic carbocycles. The van der Waals surface area contributed by atoms with Gasteiger partial charge >= 0.3 is 5.97 Å². The fraction of sp³-hybridized carbons (Fsp3) is 0.357. The standard InChI is InChI=1S/C7H10N2O4.C7H6O/c1-13-7(12)3-5-2-6(11)9(5)8-4-10;1-2-6-4-7(3-1)8-5-6/h4-5H,2-3H2,1H3,(H,8,10);1-4H,5H2. The van der Waals surface area contributed by atoms with Crippen LogP contribution >= 0.6 is 0 Å². The number of methoxy groups -OCH3 is 1. The van der Waals surface area contributed by atoms with Crippen molar-refractivity contribution in [2.45, 2.75) is 25.5 Å². The number of hydrazine groups is 1. The van der Waals surface area contributed by atoms with Gasteiger partial charge in [-0.3, -0.25) is 24.8 Å². The number of carbonyl (C=O) groups excluding carboxylic acids is 3. The molecule has 1 N–H and O–H groups in total. The maximum atomic E-state index is 10.9.